The summed E-state index contributed by atoms with van der Waals surface area (Å²) in [7, 11) is 0. The molecule has 1 aliphatic rings. The largest absolute Gasteiger partial charge is 0.303 e. The van der Waals surface area contributed by atoms with Crippen molar-refractivity contribution in [2.75, 3.05) is 5.75 Å². The highest BCUT2D eigenvalue weighted by Crippen LogP contribution is 2.18. The van der Waals surface area contributed by atoms with Crippen LogP contribution in [0, 0.1) is 0 Å². The monoisotopic (exact) mass is 280 g/mol. The summed E-state index contributed by atoms with van der Waals surface area (Å²) in [5, 5.41) is 0.313. The van der Waals surface area contributed by atoms with Crippen LogP contribution in [0.1, 0.15) is 57.8 Å². The molecule has 0 spiro atoms. The number of unbranched alkanes of at least 4 members (excludes halogenated alkanes) is 4. The fourth-order valence-corrected chi connectivity index (χ4v) is 2.86. The minimum Gasteiger partial charge on any atom is -0.303 e. The molecule has 2 nitrogen and oxygen atoms in total. The number of carbonyl (C=O) groups is 2. The zero-order valence-corrected chi connectivity index (χ0v) is 12.4. The van der Waals surface area contributed by atoms with E-state index in [1.165, 1.54) is 17.3 Å². The van der Waals surface area contributed by atoms with Gasteiger partial charge in [-0.15, -0.1) is 0 Å². The molecular weight excluding hydrogens is 256 g/mol. The summed E-state index contributed by atoms with van der Waals surface area (Å²) in [4.78, 5) is 21.8. The van der Waals surface area contributed by atoms with Crippen LogP contribution in [0.3, 0.4) is 0 Å². The Kier molecular flexibility index (Phi) is 9.42. The van der Waals surface area contributed by atoms with Crippen molar-refractivity contribution in [1.82, 2.24) is 0 Å². The molecule has 0 heterocycles. The molecule has 19 heavy (non-hydrogen) atoms. The van der Waals surface area contributed by atoms with Crippen molar-refractivity contribution < 1.29 is 9.59 Å². The summed E-state index contributed by atoms with van der Waals surface area (Å²) in [5.41, 5.74) is 1.31. The SMILES string of the molecule is O=CCCCCCCSC(=O)CCC1=CCCC=C1. The molecule has 0 radical (unpaired) electrons. The third-order valence-corrected chi connectivity index (χ3v) is 4.19. The van der Waals surface area contributed by atoms with Crippen molar-refractivity contribution in [2.45, 2.75) is 57.8 Å². The Morgan fingerprint density at radius 3 is 2.79 bits per heavy atom. The molecule has 0 aromatic rings. The van der Waals surface area contributed by atoms with Crippen LogP contribution in [0.5, 0.6) is 0 Å². The first kappa shape index (κ1) is 16.2. The maximum absolute atomic E-state index is 11.7. The second-order valence-electron chi connectivity index (χ2n) is 4.85. The van der Waals surface area contributed by atoms with Crippen molar-refractivity contribution in [2.24, 2.45) is 0 Å². The normalized spacial score (nSPS) is 14.2. The molecule has 0 saturated carbocycles. The van der Waals surface area contributed by atoms with Crippen LogP contribution in [0.2, 0.25) is 0 Å². The Hall–Kier alpha value is -0.830. The van der Waals surface area contributed by atoms with E-state index in [-0.39, 0.29) is 0 Å². The lowest BCUT2D eigenvalue weighted by Crippen LogP contribution is -1.96. The quantitative estimate of drug-likeness (QED) is 0.438. The Labute approximate surface area is 120 Å². The molecule has 1 aliphatic carbocycles. The first-order chi connectivity index (χ1) is 9.33. The predicted octanol–water partition coefficient (Wildman–Crippen LogP) is 4.45. The molecule has 0 atom stereocenters. The first-order valence-corrected chi connectivity index (χ1v) is 8.26. The molecule has 0 aliphatic heterocycles. The second-order valence-corrected chi connectivity index (χ2v) is 6.00. The van der Waals surface area contributed by atoms with E-state index in [1.54, 1.807) is 0 Å². The molecule has 1 rings (SSSR count). The average molecular weight is 280 g/mol. The number of rotatable bonds is 10. The number of thioether (sulfide) groups is 1. The Morgan fingerprint density at radius 2 is 2.05 bits per heavy atom. The van der Waals surface area contributed by atoms with Gasteiger partial charge in [-0.25, -0.2) is 0 Å². The zero-order valence-electron chi connectivity index (χ0n) is 11.6. The van der Waals surface area contributed by atoms with Gasteiger partial charge in [0.2, 0.25) is 0 Å². The summed E-state index contributed by atoms with van der Waals surface area (Å²) < 4.78 is 0. The lowest BCUT2D eigenvalue weighted by molar-refractivity contribution is -0.111. The van der Waals surface area contributed by atoms with E-state index in [1.807, 2.05) is 0 Å². The van der Waals surface area contributed by atoms with Gasteiger partial charge in [0.15, 0.2) is 5.12 Å². The number of carbonyl (C=O) groups excluding carboxylic acids is 2. The molecule has 0 amide bonds. The van der Waals surface area contributed by atoms with Crippen LogP contribution in [-0.2, 0) is 9.59 Å². The van der Waals surface area contributed by atoms with Gasteiger partial charge in [0.05, 0.1) is 0 Å². The lowest BCUT2D eigenvalue weighted by atomic mass is 10.0. The Bertz CT molecular complexity index is 332. The van der Waals surface area contributed by atoms with Gasteiger partial charge in [0, 0.05) is 18.6 Å². The van der Waals surface area contributed by atoms with Gasteiger partial charge >= 0.3 is 0 Å². The third kappa shape index (κ3) is 8.82. The minimum absolute atomic E-state index is 0.313. The predicted molar refractivity (Wildman–Crippen MR) is 82.3 cm³/mol. The minimum atomic E-state index is 0.313. The van der Waals surface area contributed by atoms with Gasteiger partial charge in [-0.2, -0.15) is 0 Å². The molecule has 0 aromatic heterocycles. The van der Waals surface area contributed by atoms with Gasteiger partial charge in [-0.3, -0.25) is 4.79 Å². The van der Waals surface area contributed by atoms with Crippen LogP contribution in [0.25, 0.3) is 0 Å². The average Bonchev–Trinajstić information content (AvgIpc) is 2.45. The van der Waals surface area contributed by atoms with E-state index in [0.29, 0.717) is 18.0 Å². The third-order valence-electron chi connectivity index (χ3n) is 3.17. The maximum Gasteiger partial charge on any atom is 0.189 e. The van der Waals surface area contributed by atoms with Gasteiger partial charge in [-0.05, 0) is 32.1 Å². The van der Waals surface area contributed by atoms with E-state index >= 15 is 0 Å². The Morgan fingerprint density at radius 1 is 1.21 bits per heavy atom. The number of allylic oxidation sites excluding steroid dienone is 4. The summed E-state index contributed by atoms with van der Waals surface area (Å²) in [6.07, 6.45) is 16.3. The first-order valence-electron chi connectivity index (χ1n) is 7.28. The van der Waals surface area contributed by atoms with Crippen molar-refractivity contribution >= 4 is 23.2 Å². The highest BCUT2D eigenvalue weighted by molar-refractivity contribution is 8.13. The van der Waals surface area contributed by atoms with Crippen molar-refractivity contribution in [3.8, 4) is 0 Å². The summed E-state index contributed by atoms with van der Waals surface area (Å²) in [6, 6.07) is 0. The maximum atomic E-state index is 11.7. The highest BCUT2D eigenvalue weighted by atomic mass is 32.2. The topological polar surface area (TPSA) is 34.1 Å². The molecule has 106 valence electrons. The zero-order chi connectivity index (χ0) is 13.8. The van der Waals surface area contributed by atoms with E-state index in [2.05, 4.69) is 18.2 Å². The molecule has 0 saturated heterocycles. The summed E-state index contributed by atoms with van der Waals surface area (Å²) >= 11 is 1.47. The van der Waals surface area contributed by atoms with Crippen LogP contribution in [-0.4, -0.2) is 17.2 Å². The number of hydrogen-bond acceptors (Lipinski definition) is 3. The van der Waals surface area contributed by atoms with Gasteiger partial charge in [0.1, 0.15) is 6.29 Å². The van der Waals surface area contributed by atoms with Gasteiger partial charge in [0.25, 0.3) is 0 Å². The fraction of sp³-hybridized carbons (Fsp3) is 0.625. The van der Waals surface area contributed by atoms with Crippen LogP contribution in [0.15, 0.2) is 23.8 Å². The van der Waals surface area contributed by atoms with Crippen LogP contribution in [0.4, 0.5) is 0 Å². The summed E-state index contributed by atoms with van der Waals surface area (Å²) in [6.45, 7) is 0. The van der Waals surface area contributed by atoms with Crippen molar-refractivity contribution in [3.05, 3.63) is 23.8 Å². The van der Waals surface area contributed by atoms with Crippen molar-refractivity contribution in [3.63, 3.8) is 0 Å². The number of aldehydes is 1. The van der Waals surface area contributed by atoms with Crippen LogP contribution < -0.4 is 0 Å². The smallest absolute Gasteiger partial charge is 0.189 e. The molecule has 0 bridgehead atoms. The molecule has 0 aromatic carbocycles. The molecule has 0 unspecified atom stereocenters. The fourth-order valence-electron chi connectivity index (χ4n) is 2.04. The van der Waals surface area contributed by atoms with E-state index in [4.69, 9.17) is 0 Å². The Balaban J connectivity index is 1.94. The van der Waals surface area contributed by atoms with E-state index < -0.39 is 0 Å². The lowest BCUT2D eigenvalue weighted by Gasteiger charge is -2.06. The van der Waals surface area contributed by atoms with Gasteiger partial charge < -0.3 is 4.79 Å². The second kappa shape index (κ2) is 11.0. The van der Waals surface area contributed by atoms with Crippen LogP contribution >= 0.6 is 11.8 Å². The number of hydrogen-bond donors (Lipinski definition) is 0. The molecule has 0 fully saturated rings. The summed E-state index contributed by atoms with van der Waals surface area (Å²) in [5.74, 6) is 0.925. The molecular formula is C16H24O2S. The highest BCUT2D eigenvalue weighted by Gasteiger charge is 2.05. The van der Waals surface area contributed by atoms with E-state index in [9.17, 15) is 9.59 Å². The molecule has 3 heteroatoms. The van der Waals surface area contributed by atoms with Gasteiger partial charge in [-0.1, -0.05) is 48.4 Å². The van der Waals surface area contributed by atoms with Crippen molar-refractivity contribution in [1.29, 1.82) is 0 Å². The molecule has 0 N–H and O–H groups in total. The standard InChI is InChI=1S/C16H24O2S/c17-13-7-2-1-3-8-14-19-16(18)12-11-15-9-5-4-6-10-15/h5,9-10,13H,1-4,6-8,11-12,14H2. The van der Waals surface area contributed by atoms with E-state index in [0.717, 1.165) is 57.0 Å².